The van der Waals surface area contributed by atoms with Crippen molar-refractivity contribution in [3.8, 4) is 5.82 Å². The molecule has 2 heterocycles. The highest BCUT2D eigenvalue weighted by Crippen LogP contribution is 2.21. The minimum absolute atomic E-state index is 0.00137. The second-order valence-corrected chi connectivity index (χ2v) is 7.27. The molecule has 6 heteroatoms. The van der Waals surface area contributed by atoms with E-state index in [4.69, 9.17) is 4.99 Å². The zero-order valence-corrected chi connectivity index (χ0v) is 16.8. The number of guanidine groups is 1. The predicted octanol–water partition coefficient (Wildman–Crippen LogP) is 3.30. The number of rotatable bonds is 7. The summed E-state index contributed by atoms with van der Waals surface area (Å²) in [7, 11) is 0. The van der Waals surface area contributed by atoms with Gasteiger partial charge in [-0.2, -0.15) is 5.10 Å². The Balaban J connectivity index is 1.67. The van der Waals surface area contributed by atoms with Gasteiger partial charge < -0.3 is 10.6 Å². The van der Waals surface area contributed by atoms with Gasteiger partial charge in [0.25, 0.3) is 0 Å². The monoisotopic (exact) mass is 376 g/mol. The third-order valence-electron chi connectivity index (χ3n) is 4.57. The van der Waals surface area contributed by atoms with Crippen LogP contribution in [0.5, 0.6) is 0 Å². The molecule has 6 nitrogen and oxygen atoms in total. The molecule has 0 saturated carbocycles. The molecule has 0 saturated heterocycles. The second-order valence-electron chi connectivity index (χ2n) is 7.27. The van der Waals surface area contributed by atoms with E-state index in [9.17, 15) is 0 Å². The molecule has 0 aliphatic heterocycles. The van der Waals surface area contributed by atoms with Crippen LogP contribution in [0.3, 0.4) is 0 Å². The van der Waals surface area contributed by atoms with Crippen molar-refractivity contribution >= 4 is 5.96 Å². The van der Waals surface area contributed by atoms with Crippen molar-refractivity contribution < 1.29 is 0 Å². The van der Waals surface area contributed by atoms with Crippen LogP contribution in [0.2, 0.25) is 0 Å². The molecule has 0 spiro atoms. The molecule has 0 radical (unpaired) electrons. The van der Waals surface area contributed by atoms with E-state index in [2.05, 4.69) is 65.8 Å². The molecule has 0 fully saturated rings. The molecule has 3 rings (SSSR count). The predicted molar refractivity (Wildman–Crippen MR) is 114 cm³/mol. The van der Waals surface area contributed by atoms with Crippen LogP contribution in [0, 0.1) is 0 Å². The molecule has 28 heavy (non-hydrogen) atoms. The average Bonchev–Trinajstić information content (AvgIpc) is 3.26. The summed E-state index contributed by atoms with van der Waals surface area (Å²) in [5, 5.41) is 11.0. The Labute approximate surface area is 166 Å². The summed E-state index contributed by atoms with van der Waals surface area (Å²) in [5.74, 6) is 1.60. The minimum Gasteiger partial charge on any atom is -0.357 e. The first-order chi connectivity index (χ1) is 13.6. The number of aliphatic imine (C=N–C) groups is 1. The Hall–Kier alpha value is -3.15. The largest absolute Gasteiger partial charge is 0.357 e. The third-order valence-corrected chi connectivity index (χ3v) is 4.57. The van der Waals surface area contributed by atoms with Crippen LogP contribution in [0.4, 0.5) is 0 Å². The summed E-state index contributed by atoms with van der Waals surface area (Å²) in [6.45, 7) is 8.71. The van der Waals surface area contributed by atoms with Crippen molar-refractivity contribution in [2.75, 3.05) is 13.1 Å². The number of benzene rings is 1. The smallest absolute Gasteiger partial charge is 0.191 e. The molecule has 2 aromatic heterocycles. The average molecular weight is 377 g/mol. The molecule has 1 aromatic carbocycles. The van der Waals surface area contributed by atoms with Crippen LogP contribution in [-0.2, 0) is 12.0 Å². The lowest BCUT2D eigenvalue weighted by molar-refractivity contribution is 0.508. The fourth-order valence-electron chi connectivity index (χ4n) is 2.90. The molecule has 3 aromatic rings. The molecular formula is C22H28N6. The maximum atomic E-state index is 4.74. The highest BCUT2D eigenvalue weighted by atomic mass is 15.3. The summed E-state index contributed by atoms with van der Waals surface area (Å²) >= 11 is 0. The molecule has 146 valence electrons. The van der Waals surface area contributed by atoms with Crippen molar-refractivity contribution in [1.29, 1.82) is 0 Å². The van der Waals surface area contributed by atoms with Crippen molar-refractivity contribution in [2.24, 2.45) is 4.99 Å². The van der Waals surface area contributed by atoms with Crippen molar-refractivity contribution in [2.45, 2.75) is 32.7 Å². The zero-order valence-electron chi connectivity index (χ0n) is 16.8. The van der Waals surface area contributed by atoms with Crippen LogP contribution < -0.4 is 10.6 Å². The number of nitrogens with zero attached hydrogens (tertiary/aromatic N) is 4. The van der Waals surface area contributed by atoms with Crippen LogP contribution in [0.1, 0.15) is 31.9 Å². The summed E-state index contributed by atoms with van der Waals surface area (Å²) in [6, 6.07) is 16.4. The summed E-state index contributed by atoms with van der Waals surface area (Å²) in [6.07, 6.45) is 5.42. The lowest BCUT2D eigenvalue weighted by Gasteiger charge is -2.26. The van der Waals surface area contributed by atoms with Gasteiger partial charge in [0.1, 0.15) is 0 Å². The van der Waals surface area contributed by atoms with Gasteiger partial charge in [-0.1, -0.05) is 44.2 Å². The van der Waals surface area contributed by atoms with E-state index in [0.717, 1.165) is 30.4 Å². The molecule has 0 amide bonds. The van der Waals surface area contributed by atoms with Gasteiger partial charge in [0.15, 0.2) is 11.8 Å². The molecule has 0 aliphatic rings. The Morgan fingerprint density at radius 3 is 2.61 bits per heavy atom. The van der Waals surface area contributed by atoms with Gasteiger partial charge in [-0.25, -0.2) is 14.7 Å². The van der Waals surface area contributed by atoms with Crippen LogP contribution >= 0.6 is 0 Å². The van der Waals surface area contributed by atoms with E-state index in [1.165, 1.54) is 5.56 Å². The maximum absolute atomic E-state index is 4.74. The van der Waals surface area contributed by atoms with Gasteiger partial charge in [0, 0.05) is 37.1 Å². The van der Waals surface area contributed by atoms with Crippen LogP contribution in [0.25, 0.3) is 5.82 Å². The quantitative estimate of drug-likeness (QED) is 0.490. The molecule has 2 N–H and O–H groups in total. The lowest BCUT2D eigenvalue weighted by Crippen LogP contribution is -2.43. The number of pyridine rings is 1. The molecule has 0 aliphatic carbocycles. The van der Waals surface area contributed by atoms with Gasteiger partial charge in [-0.15, -0.1) is 0 Å². The van der Waals surface area contributed by atoms with Crippen LogP contribution in [-0.4, -0.2) is 33.8 Å². The van der Waals surface area contributed by atoms with Crippen LogP contribution in [0.15, 0.2) is 72.1 Å². The molecule has 0 bridgehead atoms. The van der Waals surface area contributed by atoms with E-state index >= 15 is 0 Å². The highest BCUT2D eigenvalue weighted by Gasteiger charge is 2.20. The number of hydrogen-bond acceptors (Lipinski definition) is 3. The van der Waals surface area contributed by atoms with E-state index in [1.54, 1.807) is 17.1 Å². The van der Waals surface area contributed by atoms with Gasteiger partial charge >= 0.3 is 0 Å². The minimum atomic E-state index is 0.00137. The van der Waals surface area contributed by atoms with E-state index in [-0.39, 0.29) is 5.41 Å². The third kappa shape index (κ3) is 5.19. The first-order valence-electron chi connectivity index (χ1n) is 9.61. The number of aromatic nitrogens is 3. The summed E-state index contributed by atoms with van der Waals surface area (Å²) in [4.78, 5) is 9.11. The normalized spacial score (nSPS) is 12.0. The van der Waals surface area contributed by atoms with Crippen molar-refractivity contribution in [1.82, 2.24) is 25.4 Å². The van der Waals surface area contributed by atoms with E-state index in [0.29, 0.717) is 6.54 Å². The summed E-state index contributed by atoms with van der Waals surface area (Å²) < 4.78 is 1.75. The van der Waals surface area contributed by atoms with Crippen molar-refractivity contribution in [3.05, 3.63) is 78.2 Å². The van der Waals surface area contributed by atoms with Gasteiger partial charge in [0.05, 0.1) is 6.54 Å². The van der Waals surface area contributed by atoms with Crippen molar-refractivity contribution in [3.63, 3.8) is 0 Å². The lowest BCUT2D eigenvalue weighted by atomic mass is 9.85. The van der Waals surface area contributed by atoms with Gasteiger partial charge in [0.2, 0.25) is 0 Å². The molecular weight excluding hydrogens is 348 g/mol. The molecule has 0 atom stereocenters. The van der Waals surface area contributed by atoms with Gasteiger partial charge in [-0.3, -0.25) is 0 Å². The first kappa shape index (κ1) is 19.6. The number of hydrogen-bond donors (Lipinski definition) is 2. The Kier molecular flexibility index (Phi) is 6.42. The summed E-state index contributed by atoms with van der Waals surface area (Å²) in [5.41, 5.74) is 2.39. The number of nitrogens with one attached hydrogen (secondary N) is 2. The second kappa shape index (κ2) is 9.17. The Morgan fingerprint density at radius 1 is 1.07 bits per heavy atom. The fourth-order valence-corrected chi connectivity index (χ4v) is 2.90. The highest BCUT2D eigenvalue weighted by molar-refractivity contribution is 5.79. The van der Waals surface area contributed by atoms with E-state index < -0.39 is 0 Å². The maximum Gasteiger partial charge on any atom is 0.191 e. The first-order valence-corrected chi connectivity index (χ1v) is 9.61. The Morgan fingerprint density at radius 2 is 1.89 bits per heavy atom. The zero-order chi connectivity index (χ0) is 19.8. The standard InChI is InChI=1S/C22H28N6/c1-4-23-21(26-17-22(2,3)19-9-6-5-7-10-19)25-16-18-11-13-24-20(15-18)28-14-8-12-27-28/h5-15H,4,16-17H2,1-3H3,(H2,23,25,26). The SMILES string of the molecule is CCNC(=NCc1ccnc(-n2cccn2)c1)NCC(C)(C)c1ccccc1. The fraction of sp³-hybridized carbons (Fsp3) is 0.318. The van der Waals surface area contributed by atoms with E-state index in [1.807, 2.05) is 30.5 Å². The topological polar surface area (TPSA) is 67.1 Å². The Bertz CT molecular complexity index is 884. The van der Waals surface area contributed by atoms with Gasteiger partial charge in [-0.05, 0) is 36.2 Å². The molecule has 0 unspecified atom stereocenters.